The van der Waals surface area contributed by atoms with Gasteiger partial charge < -0.3 is 4.57 Å². The minimum absolute atomic E-state index is 0.0737. The Morgan fingerprint density at radius 3 is 2.59 bits per heavy atom. The van der Waals surface area contributed by atoms with Crippen molar-refractivity contribution in [1.82, 2.24) is 14.5 Å². The molecule has 0 N–H and O–H groups in total. The Hall–Kier alpha value is -2.71. The molecule has 0 atom stereocenters. The molecule has 1 aromatic heterocycles. The molecular weight excluding hydrogens is 339 g/mol. The number of nitriles is 1. The van der Waals surface area contributed by atoms with E-state index in [2.05, 4.69) is 15.5 Å². The number of fused-ring (bicyclic) bond motifs is 3. The van der Waals surface area contributed by atoms with Crippen molar-refractivity contribution in [2.24, 2.45) is 0 Å². The van der Waals surface area contributed by atoms with Crippen molar-refractivity contribution in [2.45, 2.75) is 38.3 Å². The monoisotopic (exact) mass is 360 g/mol. The summed E-state index contributed by atoms with van der Waals surface area (Å²) in [6.45, 7) is 3.15. The van der Waals surface area contributed by atoms with Crippen LogP contribution < -0.4 is 0 Å². The Kier molecular flexibility index (Phi) is 3.95. The van der Waals surface area contributed by atoms with Crippen LogP contribution in [0.15, 0.2) is 36.4 Å². The van der Waals surface area contributed by atoms with Crippen LogP contribution in [0.2, 0.25) is 0 Å². The molecule has 0 amide bonds. The quantitative estimate of drug-likeness (QED) is 0.690. The molecule has 4 nitrogen and oxygen atoms in total. The fraction of sp³-hybridized carbons (Fsp3) is 0.364. The fourth-order valence-electron chi connectivity index (χ4n) is 4.29. The molecule has 1 saturated carbocycles. The first kappa shape index (κ1) is 16.5. The van der Waals surface area contributed by atoms with Crippen LogP contribution in [0.25, 0.3) is 22.2 Å². The van der Waals surface area contributed by atoms with Crippen LogP contribution in [-0.2, 0) is 13.0 Å². The second-order valence-electron chi connectivity index (χ2n) is 7.56. The van der Waals surface area contributed by atoms with Crippen molar-refractivity contribution in [2.75, 3.05) is 13.1 Å². The summed E-state index contributed by atoms with van der Waals surface area (Å²) in [5.41, 5.74) is 3.88. The highest BCUT2D eigenvalue weighted by Crippen LogP contribution is 2.29. The molecule has 1 aliphatic carbocycles. The molecule has 3 aromatic rings. The third-order valence-corrected chi connectivity index (χ3v) is 6.07. The minimum atomic E-state index is -0.480. The van der Waals surface area contributed by atoms with Gasteiger partial charge in [0, 0.05) is 32.1 Å². The van der Waals surface area contributed by atoms with Crippen molar-refractivity contribution in [3.8, 4) is 17.2 Å². The summed E-state index contributed by atoms with van der Waals surface area (Å²) in [4.78, 5) is 7.51. The van der Waals surface area contributed by atoms with Gasteiger partial charge in [0.25, 0.3) is 0 Å². The lowest BCUT2D eigenvalue weighted by atomic mass is 9.91. The zero-order chi connectivity index (χ0) is 18.4. The average molecular weight is 360 g/mol. The van der Waals surface area contributed by atoms with E-state index in [4.69, 9.17) is 10.2 Å². The van der Waals surface area contributed by atoms with Crippen molar-refractivity contribution in [3.63, 3.8) is 0 Å². The standard InChI is InChI=1S/C22H21FN4/c23-19-12-15(4-5-17(19)14-24)16-6-7-21-20(13-16)25-22-8-9-26(10-11-27(21)22)18-2-1-3-18/h4-7,12-13,18H,1-3,8-11H2. The van der Waals surface area contributed by atoms with E-state index < -0.39 is 5.82 Å². The molecule has 2 aliphatic rings. The summed E-state index contributed by atoms with van der Waals surface area (Å²) < 4.78 is 16.3. The second kappa shape index (κ2) is 6.47. The van der Waals surface area contributed by atoms with E-state index in [1.54, 1.807) is 6.07 Å². The number of hydrogen-bond donors (Lipinski definition) is 0. The molecule has 1 fully saturated rings. The van der Waals surface area contributed by atoms with E-state index in [1.165, 1.54) is 31.4 Å². The molecule has 0 radical (unpaired) electrons. The Balaban J connectivity index is 1.47. The van der Waals surface area contributed by atoms with E-state index in [9.17, 15) is 4.39 Å². The predicted molar refractivity (Wildman–Crippen MR) is 103 cm³/mol. The first-order valence-electron chi connectivity index (χ1n) is 9.66. The van der Waals surface area contributed by atoms with Crippen LogP contribution >= 0.6 is 0 Å². The van der Waals surface area contributed by atoms with Crippen LogP contribution in [0.1, 0.15) is 30.7 Å². The van der Waals surface area contributed by atoms with Crippen LogP contribution in [0, 0.1) is 17.1 Å². The zero-order valence-corrected chi connectivity index (χ0v) is 15.2. The van der Waals surface area contributed by atoms with Crippen LogP contribution in [-0.4, -0.2) is 33.6 Å². The van der Waals surface area contributed by atoms with Gasteiger partial charge in [-0.05, 0) is 48.2 Å². The highest BCUT2D eigenvalue weighted by Gasteiger charge is 2.27. The Labute approximate surface area is 157 Å². The largest absolute Gasteiger partial charge is 0.327 e. The molecular formula is C22H21FN4. The first-order valence-corrected chi connectivity index (χ1v) is 9.66. The number of aromatic nitrogens is 2. The van der Waals surface area contributed by atoms with Crippen molar-refractivity contribution in [1.29, 1.82) is 5.26 Å². The van der Waals surface area contributed by atoms with Gasteiger partial charge in [-0.25, -0.2) is 9.37 Å². The molecule has 5 rings (SSSR count). The van der Waals surface area contributed by atoms with Gasteiger partial charge in [0.15, 0.2) is 0 Å². The number of halogens is 1. The van der Waals surface area contributed by atoms with Gasteiger partial charge in [-0.3, -0.25) is 4.90 Å². The van der Waals surface area contributed by atoms with Gasteiger partial charge >= 0.3 is 0 Å². The molecule has 5 heteroatoms. The van der Waals surface area contributed by atoms with Gasteiger partial charge in [-0.15, -0.1) is 0 Å². The molecule has 27 heavy (non-hydrogen) atoms. The lowest BCUT2D eigenvalue weighted by molar-refractivity contribution is 0.130. The Morgan fingerprint density at radius 1 is 1.04 bits per heavy atom. The molecule has 0 saturated heterocycles. The SMILES string of the molecule is N#Cc1ccc(-c2ccc3c(c2)nc2n3CCN(C3CCC3)CC2)cc1F. The van der Waals surface area contributed by atoms with E-state index in [-0.39, 0.29) is 5.56 Å². The lowest BCUT2D eigenvalue weighted by Gasteiger charge is -2.36. The van der Waals surface area contributed by atoms with Gasteiger partial charge in [-0.2, -0.15) is 5.26 Å². The molecule has 2 aromatic carbocycles. The molecule has 0 spiro atoms. The van der Waals surface area contributed by atoms with Crippen LogP contribution in [0.3, 0.4) is 0 Å². The van der Waals surface area contributed by atoms with E-state index in [0.29, 0.717) is 0 Å². The van der Waals surface area contributed by atoms with Gasteiger partial charge in [-0.1, -0.05) is 18.6 Å². The van der Waals surface area contributed by atoms with Crippen molar-refractivity contribution >= 4 is 11.0 Å². The lowest BCUT2D eigenvalue weighted by Crippen LogP contribution is -2.41. The predicted octanol–water partition coefficient (Wildman–Crippen LogP) is 4.12. The summed E-state index contributed by atoms with van der Waals surface area (Å²) >= 11 is 0. The van der Waals surface area contributed by atoms with Gasteiger partial charge in [0.05, 0.1) is 16.6 Å². The summed E-state index contributed by atoms with van der Waals surface area (Å²) in [7, 11) is 0. The van der Waals surface area contributed by atoms with Crippen LogP contribution in [0.4, 0.5) is 4.39 Å². The number of rotatable bonds is 2. The zero-order valence-electron chi connectivity index (χ0n) is 15.2. The first-order chi connectivity index (χ1) is 13.2. The Morgan fingerprint density at radius 2 is 1.85 bits per heavy atom. The third-order valence-electron chi connectivity index (χ3n) is 6.07. The highest BCUT2D eigenvalue weighted by molar-refractivity contribution is 5.83. The number of imidazole rings is 1. The third kappa shape index (κ3) is 2.81. The number of hydrogen-bond acceptors (Lipinski definition) is 3. The maximum atomic E-state index is 14.0. The topological polar surface area (TPSA) is 44.9 Å². The minimum Gasteiger partial charge on any atom is -0.327 e. The summed E-state index contributed by atoms with van der Waals surface area (Å²) in [5, 5.41) is 8.90. The van der Waals surface area contributed by atoms with Crippen molar-refractivity contribution < 1.29 is 4.39 Å². The average Bonchev–Trinajstić information content (AvgIpc) is 2.86. The Bertz CT molecular complexity index is 1060. The van der Waals surface area contributed by atoms with Gasteiger partial charge in [0.1, 0.15) is 17.7 Å². The second-order valence-corrected chi connectivity index (χ2v) is 7.56. The number of benzene rings is 2. The summed E-state index contributed by atoms with van der Waals surface area (Å²) in [6.07, 6.45) is 5.03. The van der Waals surface area contributed by atoms with Gasteiger partial charge in [0.2, 0.25) is 0 Å². The summed E-state index contributed by atoms with van der Waals surface area (Å²) in [5.74, 6) is 0.668. The van der Waals surface area contributed by atoms with Crippen LogP contribution in [0.5, 0.6) is 0 Å². The van der Waals surface area contributed by atoms with E-state index >= 15 is 0 Å². The maximum Gasteiger partial charge on any atom is 0.141 e. The fourth-order valence-corrected chi connectivity index (χ4v) is 4.29. The van der Waals surface area contributed by atoms with E-state index in [0.717, 1.165) is 60.1 Å². The summed E-state index contributed by atoms with van der Waals surface area (Å²) in [6, 6.07) is 13.5. The smallest absolute Gasteiger partial charge is 0.141 e. The number of nitrogens with zero attached hydrogens (tertiary/aromatic N) is 4. The molecule has 0 bridgehead atoms. The van der Waals surface area contributed by atoms with Crippen molar-refractivity contribution in [3.05, 3.63) is 53.6 Å². The molecule has 1 aliphatic heterocycles. The molecule has 2 heterocycles. The highest BCUT2D eigenvalue weighted by atomic mass is 19.1. The molecule has 136 valence electrons. The maximum absolute atomic E-state index is 14.0. The van der Waals surface area contributed by atoms with E-state index in [1.807, 2.05) is 18.2 Å². The normalized spacial score (nSPS) is 17.9. The molecule has 0 unspecified atom stereocenters.